The van der Waals surface area contributed by atoms with Crippen molar-refractivity contribution in [2.75, 3.05) is 5.73 Å². The van der Waals surface area contributed by atoms with Gasteiger partial charge in [-0.05, 0) is 36.8 Å². The molecule has 0 aliphatic carbocycles. The molecule has 17 heavy (non-hydrogen) atoms. The third-order valence-electron chi connectivity index (χ3n) is 2.76. The van der Waals surface area contributed by atoms with Crippen LogP contribution >= 0.6 is 0 Å². The van der Waals surface area contributed by atoms with E-state index in [2.05, 4.69) is 10.1 Å². The van der Waals surface area contributed by atoms with E-state index in [1.807, 2.05) is 43.6 Å². The predicted octanol–water partition coefficient (Wildman–Crippen LogP) is 2.31. The average Bonchev–Trinajstić information content (AvgIpc) is 2.77. The van der Waals surface area contributed by atoms with Gasteiger partial charge in [0.25, 0.3) is 0 Å². The second-order valence-corrected chi connectivity index (χ2v) is 4.03. The number of rotatable bonds is 1. The van der Waals surface area contributed by atoms with Crippen molar-refractivity contribution in [3.8, 4) is 5.69 Å². The van der Waals surface area contributed by atoms with Crippen LogP contribution in [0.2, 0.25) is 0 Å². The minimum absolute atomic E-state index is 0.707. The van der Waals surface area contributed by atoms with Crippen molar-refractivity contribution in [3.05, 3.63) is 48.4 Å². The van der Waals surface area contributed by atoms with E-state index < -0.39 is 0 Å². The van der Waals surface area contributed by atoms with Gasteiger partial charge in [0.1, 0.15) is 0 Å². The highest BCUT2D eigenvalue weighted by atomic mass is 15.3. The monoisotopic (exact) mass is 224 g/mol. The normalized spacial score (nSPS) is 10.9. The first-order valence-electron chi connectivity index (χ1n) is 5.40. The summed E-state index contributed by atoms with van der Waals surface area (Å²) in [5.74, 6) is 0. The molecule has 84 valence electrons. The second kappa shape index (κ2) is 3.59. The summed E-state index contributed by atoms with van der Waals surface area (Å²) in [4.78, 5) is 4.27. The van der Waals surface area contributed by atoms with Crippen LogP contribution in [-0.4, -0.2) is 14.8 Å². The van der Waals surface area contributed by atoms with Crippen LogP contribution < -0.4 is 5.73 Å². The third-order valence-corrected chi connectivity index (χ3v) is 2.76. The highest BCUT2D eigenvalue weighted by molar-refractivity contribution is 5.94. The lowest BCUT2D eigenvalue weighted by Gasteiger charge is -2.08. The molecular formula is C13H12N4. The van der Waals surface area contributed by atoms with Crippen molar-refractivity contribution in [1.29, 1.82) is 0 Å². The first kappa shape index (κ1) is 9.84. The minimum Gasteiger partial charge on any atom is -0.396 e. The van der Waals surface area contributed by atoms with Crippen molar-refractivity contribution in [2.24, 2.45) is 0 Å². The molecule has 4 heteroatoms. The van der Waals surface area contributed by atoms with Crippen molar-refractivity contribution in [2.45, 2.75) is 6.92 Å². The number of nitrogens with zero attached hydrogens (tertiary/aromatic N) is 3. The molecule has 3 aromatic rings. The average molecular weight is 224 g/mol. The Balaban J connectivity index is 2.28. The molecule has 0 amide bonds. The maximum atomic E-state index is 6.16. The molecule has 2 heterocycles. The number of pyridine rings is 1. The first-order valence-corrected chi connectivity index (χ1v) is 5.40. The number of hydrogen-bond donors (Lipinski definition) is 1. The number of fused-ring (bicyclic) bond motifs is 1. The summed E-state index contributed by atoms with van der Waals surface area (Å²) in [7, 11) is 0. The number of benzene rings is 1. The van der Waals surface area contributed by atoms with Gasteiger partial charge in [-0.25, -0.2) is 4.68 Å². The molecule has 0 unspecified atom stereocenters. The summed E-state index contributed by atoms with van der Waals surface area (Å²) in [5.41, 5.74) is 9.76. The van der Waals surface area contributed by atoms with Crippen LogP contribution in [0.25, 0.3) is 16.6 Å². The number of hydrogen-bond acceptors (Lipinski definition) is 3. The molecule has 0 spiro atoms. The number of nitrogen functional groups attached to an aromatic ring is 1. The van der Waals surface area contributed by atoms with Crippen LogP contribution in [0, 0.1) is 6.92 Å². The molecule has 0 bridgehead atoms. The molecule has 4 nitrogen and oxygen atoms in total. The van der Waals surface area contributed by atoms with Crippen molar-refractivity contribution in [1.82, 2.24) is 14.8 Å². The fourth-order valence-corrected chi connectivity index (χ4v) is 1.91. The number of anilines is 1. The Labute approximate surface area is 98.7 Å². The lowest BCUT2D eigenvalue weighted by molar-refractivity contribution is 0.884. The first-order chi connectivity index (χ1) is 8.25. The minimum atomic E-state index is 0.707. The van der Waals surface area contributed by atoms with Crippen molar-refractivity contribution >= 4 is 16.6 Å². The summed E-state index contributed by atoms with van der Waals surface area (Å²) in [5, 5.41) is 5.23. The van der Waals surface area contributed by atoms with Crippen molar-refractivity contribution in [3.63, 3.8) is 0 Å². The summed E-state index contributed by atoms with van der Waals surface area (Å²) < 4.78 is 1.79. The van der Waals surface area contributed by atoms with E-state index in [9.17, 15) is 0 Å². The van der Waals surface area contributed by atoms with E-state index in [0.29, 0.717) is 5.69 Å². The SMILES string of the molecule is Cc1cnn(-c2ccc3ncccc3c2N)c1. The van der Waals surface area contributed by atoms with Gasteiger partial charge in [0.05, 0.1) is 23.1 Å². The second-order valence-electron chi connectivity index (χ2n) is 4.03. The van der Waals surface area contributed by atoms with E-state index in [4.69, 9.17) is 5.73 Å². The Kier molecular flexibility index (Phi) is 2.08. The van der Waals surface area contributed by atoms with Gasteiger partial charge in [-0.3, -0.25) is 4.98 Å². The van der Waals surface area contributed by atoms with Gasteiger partial charge in [0.15, 0.2) is 0 Å². The zero-order valence-electron chi connectivity index (χ0n) is 9.46. The number of nitrogens with two attached hydrogens (primary N) is 1. The molecule has 1 aromatic carbocycles. The Hall–Kier alpha value is -2.36. The fourth-order valence-electron chi connectivity index (χ4n) is 1.91. The molecule has 2 aromatic heterocycles. The lowest BCUT2D eigenvalue weighted by atomic mass is 10.1. The summed E-state index contributed by atoms with van der Waals surface area (Å²) in [6.07, 6.45) is 5.53. The molecule has 3 rings (SSSR count). The van der Waals surface area contributed by atoms with Crippen LogP contribution in [0.3, 0.4) is 0 Å². The molecule has 0 saturated carbocycles. The van der Waals surface area contributed by atoms with Crippen LogP contribution in [0.5, 0.6) is 0 Å². The van der Waals surface area contributed by atoms with Crippen LogP contribution in [-0.2, 0) is 0 Å². The van der Waals surface area contributed by atoms with Gasteiger partial charge in [0, 0.05) is 17.8 Å². The van der Waals surface area contributed by atoms with E-state index in [0.717, 1.165) is 22.2 Å². The molecule has 0 atom stereocenters. The fraction of sp³-hybridized carbons (Fsp3) is 0.0769. The van der Waals surface area contributed by atoms with E-state index in [1.54, 1.807) is 10.9 Å². The molecule has 0 fully saturated rings. The summed E-state index contributed by atoms with van der Waals surface area (Å²) in [6, 6.07) is 7.75. The number of aryl methyl sites for hydroxylation is 1. The van der Waals surface area contributed by atoms with Gasteiger partial charge in [-0.15, -0.1) is 0 Å². The Morgan fingerprint density at radius 2 is 2.12 bits per heavy atom. The maximum Gasteiger partial charge on any atom is 0.0882 e. The molecule has 0 saturated heterocycles. The quantitative estimate of drug-likeness (QED) is 0.645. The van der Waals surface area contributed by atoms with Gasteiger partial charge in [-0.2, -0.15) is 5.10 Å². The zero-order valence-corrected chi connectivity index (χ0v) is 9.46. The van der Waals surface area contributed by atoms with Crippen LogP contribution in [0.4, 0.5) is 5.69 Å². The third kappa shape index (κ3) is 1.54. The Morgan fingerprint density at radius 1 is 1.24 bits per heavy atom. The van der Waals surface area contributed by atoms with Gasteiger partial charge < -0.3 is 5.73 Å². The molecule has 2 N–H and O–H groups in total. The summed E-state index contributed by atoms with van der Waals surface area (Å²) in [6.45, 7) is 2.00. The molecule has 0 aliphatic heterocycles. The zero-order chi connectivity index (χ0) is 11.8. The predicted molar refractivity (Wildman–Crippen MR) is 68.0 cm³/mol. The highest BCUT2D eigenvalue weighted by Gasteiger charge is 2.07. The van der Waals surface area contributed by atoms with E-state index in [1.165, 1.54) is 0 Å². The maximum absolute atomic E-state index is 6.16. The van der Waals surface area contributed by atoms with Gasteiger partial charge >= 0.3 is 0 Å². The molecule has 0 radical (unpaired) electrons. The lowest BCUT2D eigenvalue weighted by Crippen LogP contribution is -2.01. The topological polar surface area (TPSA) is 56.7 Å². The standard InChI is InChI=1S/C13H12N4/c1-9-7-16-17(8-9)12-5-4-11-10(13(12)14)3-2-6-15-11/h2-8H,14H2,1H3. The smallest absolute Gasteiger partial charge is 0.0882 e. The largest absolute Gasteiger partial charge is 0.396 e. The molecule has 0 aliphatic rings. The van der Waals surface area contributed by atoms with Gasteiger partial charge in [-0.1, -0.05) is 0 Å². The van der Waals surface area contributed by atoms with Gasteiger partial charge in [0.2, 0.25) is 0 Å². The number of aromatic nitrogens is 3. The Bertz CT molecular complexity index is 685. The summed E-state index contributed by atoms with van der Waals surface area (Å²) >= 11 is 0. The van der Waals surface area contributed by atoms with E-state index in [-0.39, 0.29) is 0 Å². The van der Waals surface area contributed by atoms with Crippen LogP contribution in [0.1, 0.15) is 5.56 Å². The van der Waals surface area contributed by atoms with Crippen molar-refractivity contribution < 1.29 is 0 Å². The van der Waals surface area contributed by atoms with Crippen LogP contribution in [0.15, 0.2) is 42.9 Å². The Morgan fingerprint density at radius 3 is 2.88 bits per heavy atom. The van der Waals surface area contributed by atoms with E-state index >= 15 is 0 Å². The molecular weight excluding hydrogens is 212 g/mol. The highest BCUT2D eigenvalue weighted by Crippen LogP contribution is 2.25.